The second-order valence-corrected chi connectivity index (χ2v) is 15.1. The Morgan fingerprint density at radius 3 is 2.56 bits per heavy atom. The van der Waals surface area contributed by atoms with Crippen molar-refractivity contribution in [1.29, 1.82) is 0 Å². The Hall–Kier alpha value is -6.07. The molecule has 1 saturated carbocycles. The quantitative estimate of drug-likeness (QED) is 0.0650. The Bertz CT molecular complexity index is 2350. The first-order chi connectivity index (χ1) is 28.7. The number of unbranched alkanes of at least 4 members (excludes halogenated alkanes) is 2. The zero-order valence-electron chi connectivity index (χ0n) is 32.4. The number of alkyl halides is 2. The number of Topliss-reactive ketones (excluding diaryl/α,β-unsaturated/α-hetero) is 1. The molecule has 0 bridgehead atoms. The van der Waals surface area contributed by atoms with E-state index in [2.05, 4.69) is 36.0 Å². The molecule has 5 aromatic rings. The number of hydrogen-bond acceptors (Lipinski definition) is 11. The fourth-order valence-electron chi connectivity index (χ4n) is 8.00. The highest BCUT2D eigenvalue weighted by Crippen LogP contribution is 2.36. The summed E-state index contributed by atoms with van der Waals surface area (Å²) in [5.41, 5.74) is 1.09. The number of imide groups is 1. The summed E-state index contributed by atoms with van der Waals surface area (Å²) in [5, 5.41) is 16.8. The van der Waals surface area contributed by atoms with E-state index in [4.69, 9.17) is 9.47 Å². The summed E-state index contributed by atoms with van der Waals surface area (Å²) in [6.45, 7) is 4.25. The number of anilines is 2. The maximum atomic E-state index is 14.2. The van der Waals surface area contributed by atoms with Crippen LogP contribution in [0.5, 0.6) is 11.5 Å². The zero-order valence-corrected chi connectivity index (χ0v) is 32.4. The van der Waals surface area contributed by atoms with E-state index in [9.17, 15) is 28.0 Å². The normalized spacial score (nSPS) is 18.3. The molecule has 0 unspecified atom stereocenters. The minimum atomic E-state index is -2.86. The van der Waals surface area contributed by atoms with Crippen molar-refractivity contribution < 1.29 is 37.4 Å². The summed E-state index contributed by atoms with van der Waals surface area (Å²) in [7, 11) is 0. The topological polar surface area (TPSA) is 174 Å². The molecule has 3 aromatic heterocycles. The SMILES string of the molecule is O=C1NC(=O)c2c(Oc3ccccc3CCCCCNC[C@H]3CC[C@H](n4cc(NC(=O)c5cnn6ccc(N7CCOCC7)nc56)c(C(F)F)n4)CC3)cccc2C1=O. The number of carbonyl (C=O) groups is 4. The minimum absolute atomic E-state index is 0.0197. The summed E-state index contributed by atoms with van der Waals surface area (Å²) in [5.74, 6) is -0.995. The number of rotatable bonds is 15. The number of aryl methyl sites for hydroxylation is 1. The van der Waals surface area contributed by atoms with Crippen molar-refractivity contribution >= 4 is 40.7 Å². The number of morpholine rings is 1. The monoisotopic (exact) mass is 809 g/mol. The van der Waals surface area contributed by atoms with Gasteiger partial charge >= 0.3 is 0 Å². The second kappa shape index (κ2) is 17.8. The van der Waals surface area contributed by atoms with Crippen molar-refractivity contribution in [3.63, 3.8) is 0 Å². The second-order valence-electron chi connectivity index (χ2n) is 15.1. The summed E-state index contributed by atoms with van der Waals surface area (Å²) in [6, 6.07) is 14.0. The van der Waals surface area contributed by atoms with Crippen LogP contribution >= 0.6 is 0 Å². The number of aromatic nitrogens is 5. The maximum Gasteiger partial charge on any atom is 0.299 e. The van der Waals surface area contributed by atoms with Gasteiger partial charge in [-0.25, -0.2) is 18.3 Å². The van der Waals surface area contributed by atoms with Crippen LogP contribution in [0.25, 0.3) is 5.65 Å². The highest BCUT2D eigenvalue weighted by atomic mass is 19.3. The Morgan fingerprint density at radius 2 is 1.75 bits per heavy atom. The molecule has 2 aliphatic heterocycles. The molecular weight excluding hydrogens is 765 g/mol. The highest BCUT2D eigenvalue weighted by molar-refractivity contribution is 6.49. The van der Waals surface area contributed by atoms with Crippen molar-refractivity contribution in [1.82, 2.24) is 35.0 Å². The third kappa shape index (κ3) is 8.85. The van der Waals surface area contributed by atoms with Crippen molar-refractivity contribution in [3.8, 4) is 11.5 Å². The van der Waals surface area contributed by atoms with Gasteiger partial charge in [0.25, 0.3) is 29.9 Å². The van der Waals surface area contributed by atoms with Crippen LogP contribution < -0.4 is 25.6 Å². The Kier molecular flexibility index (Phi) is 12.0. The van der Waals surface area contributed by atoms with Crippen LogP contribution in [0, 0.1) is 5.92 Å². The van der Waals surface area contributed by atoms with Crippen LogP contribution in [0.4, 0.5) is 20.3 Å². The van der Waals surface area contributed by atoms with E-state index in [0.29, 0.717) is 49.4 Å². The van der Waals surface area contributed by atoms with Crippen molar-refractivity contribution in [2.75, 3.05) is 49.6 Å². The molecule has 308 valence electrons. The molecule has 0 atom stereocenters. The van der Waals surface area contributed by atoms with Gasteiger partial charge in [-0.3, -0.25) is 29.2 Å². The molecule has 5 heterocycles. The number of carbonyl (C=O) groups excluding carboxylic acids is 4. The van der Waals surface area contributed by atoms with E-state index in [1.165, 1.54) is 23.0 Å². The minimum Gasteiger partial charge on any atom is -0.456 e. The molecular formula is C42H45F2N9O6. The lowest BCUT2D eigenvalue weighted by Crippen LogP contribution is -2.42. The van der Waals surface area contributed by atoms with Crippen LogP contribution in [-0.4, -0.2) is 87.3 Å². The molecule has 3 amide bonds. The number of fused-ring (bicyclic) bond motifs is 2. The van der Waals surface area contributed by atoms with E-state index in [0.717, 1.165) is 70.0 Å². The van der Waals surface area contributed by atoms with Gasteiger partial charge in [0.05, 0.1) is 36.7 Å². The number of halogens is 2. The van der Waals surface area contributed by atoms with Gasteiger partial charge in [-0.1, -0.05) is 30.7 Å². The number of benzene rings is 2. The van der Waals surface area contributed by atoms with Crippen LogP contribution in [0.1, 0.15) is 99.7 Å². The molecule has 8 rings (SSSR count). The predicted molar refractivity (Wildman–Crippen MR) is 212 cm³/mol. The standard InChI is InChI=1S/C42H45F2N9O6/c43-38(44)36-31(47-40(55)30-24-46-52-18-16-34(48-39(30)52)51-19-21-58-22-20-51)25-53(50-36)28-14-12-26(13-15-28)23-45-17-5-1-2-7-27-8-3-4-10-32(27)59-33-11-6-9-29-35(33)41(56)49-42(57)37(29)54/h3-4,6,8-11,16,18,24-26,28,38,45H,1-2,5,7,12-15,17,19-23H2,(H,47,55)(H,49,56,57)/t26-,28-. The molecule has 0 spiro atoms. The number of ketones is 1. The van der Waals surface area contributed by atoms with Gasteiger partial charge in [-0.2, -0.15) is 10.2 Å². The first-order valence-electron chi connectivity index (χ1n) is 20.1. The number of para-hydroxylation sites is 1. The maximum absolute atomic E-state index is 14.2. The largest absolute Gasteiger partial charge is 0.456 e. The first-order valence-corrected chi connectivity index (χ1v) is 20.1. The molecule has 1 aliphatic carbocycles. The third-order valence-electron chi connectivity index (χ3n) is 11.2. The average Bonchev–Trinajstić information content (AvgIpc) is 3.88. The first kappa shape index (κ1) is 39.7. The fourth-order valence-corrected chi connectivity index (χ4v) is 8.00. The van der Waals surface area contributed by atoms with Gasteiger partial charge in [0.1, 0.15) is 22.9 Å². The fraction of sp³-hybridized carbons (Fsp3) is 0.405. The molecule has 3 N–H and O–H groups in total. The molecule has 2 fully saturated rings. The van der Waals surface area contributed by atoms with Crippen LogP contribution in [0.3, 0.4) is 0 Å². The molecule has 17 heteroatoms. The molecule has 2 aromatic carbocycles. The summed E-state index contributed by atoms with van der Waals surface area (Å²) in [6.07, 6.45) is 8.86. The molecule has 15 nitrogen and oxygen atoms in total. The number of nitrogens with one attached hydrogen (secondary N) is 3. The van der Waals surface area contributed by atoms with Gasteiger partial charge in [-0.15, -0.1) is 0 Å². The Morgan fingerprint density at radius 1 is 0.949 bits per heavy atom. The molecule has 59 heavy (non-hydrogen) atoms. The van der Waals surface area contributed by atoms with Crippen LogP contribution in [0.2, 0.25) is 0 Å². The Labute approximate surface area is 338 Å². The van der Waals surface area contributed by atoms with Crippen molar-refractivity contribution in [2.45, 2.75) is 63.8 Å². The molecule has 1 saturated heterocycles. The lowest BCUT2D eigenvalue weighted by molar-refractivity contribution is -0.116. The lowest BCUT2D eigenvalue weighted by Gasteiger charge is -2.29. The van der Waals surface area contributed by atoms with Crippen molar-refractivity contribution in [2.24, 2.45) is 5.92 Å². The van der Waals surface area contributed by atoms with E-state index in [1.807, 2.05) is 30.3 Å². The van der Waals surface area contributed by atoms with Gasteiger partial charge < -0.3 is 25.0 Å². The summed E-state index contributed by atoms with van der Waals surface area (Å²) < 4.78 is 43.0. The number of ether oxygens (including phenoxy) is 2. The van der Waals surface area contributed by atoms with Crippen molar-refractivity contribution in [3.05, 3.63) is 95.1 Å². The molecule has 3 aliphatic rings. The smallest absolute Gasteiger partial charge is 0.299 e. The summed E-state index contributed by atoms with van der Waals surface area (Å²) >= 11 is 0. The average molecular weight is 810 g/mol. The van der Waals surface area contributed by atoms with E-state index < -0.39 is 35.6 Å². The highest BCUT2D eigenvalue weighted by Gasteiger charge is 2.33. The third-order valence-corrected chi connectivity index (χ3v) is 11.2. The lowest BCUT2D eigenvalue weighted by atomic mass is 9.86. The zero-order chi connectivity index (χ0) is 40.9. The summed E-state index contributed by atoms with van der Waals surface area (Å²) in [4.78, 5) is 56.8. The number of amides is 3. The van der Waals surface area contributed by atoms with E-state index >= 15 is 0 Å². The number of hydrogen-bond donors (Lipinski definition) is 3. The van der Waals surface area contributed by atoms with Gasteiger partial charge in [0.15, 0.2) is 11.3 Å². The van der Waals surface area contributed by atoms with E-state index in [-0.39, 0.29) is 34.2 Å². The van der Waals surface area contributed by atoms with Gasteiger partial charge in [-0.05, 0) is 93.8 Å². The number of nitrogens with zero attached hydrogens (tertiary/aromatic N) is 6. The Balaban J connectivity index is 0.780. The van der Waals surface area contributed by atoms with Gasteiger partial charge in [0, 0.05) is 31.0 Å². The van der Waals surface area contributed by atoms with Crippen LogP contribution in [0.15, 0.2) is 67.1 Å². The van der Waals surface area contributed by atoms with E-state index in [1.54, 1.807) is 23.0 Å². The molecule has 0 radical (unpaired) electrons. The predicted octanol–water partition coefficient (Wildman–Crippen LogP) is 5.93. The van der Waals surface area contributed by atoms with Crippen LogP contribution in [-0.2, 0) is 16.0 Å². The van der Waals surface area contributed by atoms with Gasteiger partial charge in [0.2, 0.25) is 0 Å².